The number of nitrogens with one attached hydrogen (secondary N) is 1. The van der Waals surface area contributed by atoms with E-state index in [9.17, 15) is 9.90 Å². The highest BCUT2D eigenvalue weighted by Gasteiger charge is 2.14. The van der Waals surface area contributed by atoms with Crippen molar-refractivity contribution >= 4 is 21.8 Å². The Morgan fingerprint density at radius 1 is 1.20 bits per heavy atom. The van der Waals surface area contributed by atoms with Crippen molar-refractivity contribution in [3.8, 4) is 5.75 Å². The van der Waals surface area contributed by atoms with E-state index < -0.39 is 0 Å². The monoisotopic (exact) mass is 333 g/mol. The predicted molar refractivity (Wildman–Crippen MR) is 82.9 cm³/mol. The van der Waals surface area contributed by atoms with Crippen molar-refractivity contribution in [2.75, 3.05) is 0 Å². The first kappa shape index (κ1) is 14.6. The number of halogens is 1. The molecule has 2 N–H and O–H groups in total. The summed E-state index contributed by atoms with van der Waals surface area (Å²) in [6.45, 7) is 3.79. The number of carbonyl (C=O) groups is 1. The Bertz CT molecular complexity index is 623. The Kier molecular flexibility index (Phi) is 4.45. The molecule has 104 valence electrons. The van der Waals surface area contributed by atoms with E-state index in [4.69, 9.17) is 0 Å². The number of phenolic OH excluding ortho intramolecular Hbond substituents is 1. The molecule has 1 amide bonds. The highest BCUT2D eigenvalue weighted by atomic mass is 79.9. The Morgan fingerprint density at radius 3 is 2.50 bits per heavy atom. The van der Waals surface area contributed by atoms with E-state index in [-0.39, 0.29) is 17.7 Å². The van der Waals surface area contributed by atoms with Gasteiger partial charge in [-0.2, -0.15) is 0 Å². The van der Waals surface area contributed by atoms with Gasteiger partial charge in [-0.1, -0.05) is 39.7 Å². The van der Waals surface area contributed by atoms with E-state index >= 15 is 0 Å². The lowest BCUT2D eigenvalue weighted by Crippen LogP contribution is -2.26. The van der Waals surface area contributed by atoms with Crippen LogP contribution < -0.4 is 5.32 Å². The van der Waals surface area contributed by atoms with Gasteiger partial charge in [0.25, 0.3) is 5.91 Å². The van der Waals surface area contributed by atoms with Crippen LogP contribution in [-0.4, -0.2) is 11.0 Å². The molecule has 2 aromatic rings. The van der Waals surface area contributed by atoms with Crippen LogP contribution in [0.15, 0.2) is 46.9 Å². The van der Waals surface area contributed by atoms with Crippen LogP contribution >= 0.6 is 15.9 Å². The molecule has 0 bridgehead atoms. The smallest absolute Gasteiger partial charge is 0.255 e. The second kappa shape index (κ2) is 6.09. The van der Waals surface area contributed by atoms with Crippen molar-refractivity contribution in [3.63, 3.8) is 0 Å². The third-order valence-electron chi connectivity index (χ3n) is 3.11. The highest BCUT2D eigenvalue weighted by molar-refractivity contribution is 9.10. The lowest BCUT2D eigenvalue weighted by molar-refractivity contribution is 0.0937. The van der Waals surface area contributed by atoms with Crippen molar-refractivity contribution in [2.24, 2.45) is 0 Å². The maximum atomic E-state index is 12.2. The Labute approximate surface area is 126 Å². The predicted octanol–water partition coefficient (Wildman–Crippen LogP) is 3.95. The lowest BCUT2D eigenvalue weighted by atomic mass is 10.1. The summed E-state index contributed by atoms with van der Waals surface area (Å²) in [5, 5.41) is 12.6. The number of aromatic hydroxyl groups is 1. The van der Waals surface area contributed by atoms with E-state index in [0.717, 1.165) is 15.6 Å². The zero-order valence-corrected chi connectivity index (χ0v) is 12.9. The Balaban J connectivity index is 2.15. The van der Waals surface area contributed by atoms with E-state index in [1.807, 2.05) is 38.1 Å². The van der Waals surface area contributed by atoms with Crippen LogP contribution in [0.3, 0.4) is 0 Å². The number of hydrogen-bond donors (Lipinski definition) is 2. The molecular weight excluding hydrogens is 318 g/mol. The lowest BCUT2D eigenvalue weighted by Gasteiger charge is -2.15. The maximum absolute atomic E-state index is 12.2. The summed E-state index contributed by atoms with van der Waals surface area (Å²) in [7, 11) is 0. The number of phenols is 1. The fraction of sp³-hybridized carbons (Fsp3) is 0.188. The van der Waals surface area contributed by atoms with Crippen LogP contribution in [0.2, 0.25) is 0 Å². The topological polar surface area (TPSA) is 49.3 Å². The van der Waals surface area contributed by atoms with Gasteiger partial charge in [-0.3, -0.25) is 4.79 Å². The third kappa shape index (κ3) is 3.39. The summed E-state index contributed by atoms with van der Waals surface area (Å²) in [5.74, 6) is -0.280. The number of benzene rings is 2. The summed E-state index contributed by atoms with van der Waals surface area (Å²) in [6, 6.07) is 12.6. The van der Waals surface area contributed by atoms with E-state index in [0.29, 0.717) is 5.56 Å². The molecule has 3 nitrogen and oxygen atoms in total. The first-order valence-corrected chi connectivity index (χ1v) is 7.12. The first-order chi connectivity index (χ1) is 9.47. The van der Waals surface area contributed by atoms with E-state index in [1.54, 1.807) is 12.1 Å². The minimum Gasteiger partial charge on any atom is -0.507 e. The standard InChI is InChI=1S/C16H16BrNO2/c1-10-3-8-15(19)14(9-10)16(20)18-11(2)12-4-6-13(17)7-5-12/h3-9,11,19H,1-2H3,(H,18,20). The normalized spacial score (nSPS) is 11.9. The van der Waals surface area contributed by atoms with Gasteiger partial charge in [0, 0.05) is 4.47 Å². The molecule has 0 aliphatic carbocycles. The van der Waals surface area contributed by atoms with Crippen molar-refractivity contribution in [1.29, 1.82) is 0 Å². The molecule has 0 heterocycles. The largest absolute Gasteiger partial charge is 0.507 e. The van der Waals surface area contributed by atoms with Crippen LogP contribution in [0.5, 0.6) is 5.75 Å². The van der Waals surface area contributed by atoms with E-state index in [1.165, 1.54) is 6.07 Å². The number of aryl methyl sites for hydroxylation is 1. The summed E-state index contributed by atoms with van der Waals surface area (Å²) >= 11 is 3.38. The Morgan fingerprint density at radius 2 is 1.85 bits per heavy atom. The second-order valence-electron chi connectivity index (χ2n) is 4.77. The number of carbonyl (C=O) groups excluding carboxylic acids is 1. The minimum atomic E-state index is -0.276. The average molecular weight is 334 g/mol. The van der Waals surface area contributed by atoms with Crippen molar-refractivity contribution < 1.29 is 9.90 Å². The molecule has 4 heteroatoms. The molecule has 2 rings (SSSR count). The fourth-order valence-corrected chi connectivity index (χ4v) is 2.21. The molecule has 0 saturated heterocycles. The molecule has 0 aliphatic rings. The van der Waals surface area contributed by atoms with Crippen LogP contribution in [0, 0.1) is 6.92 Å². The van der Waals surface area contributed by atoms with Crippen LogP contribution in [-0.2, 0) is 0 Å². The minimum absolute atomic E-state index is 0.00361. The number of hydrogen-bond acceptors (Lipinski definition) is 2. The summed E-state index contributed by atoms with van der Waals surface area (Å²) < 4.78 is 0.996. The molecule has 1 atom stereocenters. The summed E-state index contributed by atoms with van der Waals surface area (Å²) in [5.41, 5.74) is 2.24. The SMILES string of the molecule is Cc1ccc(O)c(C(=O)NC(C)c2ccc(Br)cc2)c1. The van der Waals surface area contributed by atoms with Crippen LogP contribution in [0.1, 0.15) is 34.5 Å². The molecule has 0 aliphatic heterocycles. The van der Waals surface area contributed by atoms with Crippen molar-refractivity contribution in [2.45, 2.75) is 19.9 Å². The molecule has 0 aromatic heterocycles. The molecule has 1 unspecified atom stereocenters. The van der Waals surface area contributed by atoms with Crippen molar-refractivity contribution in [1.82, 2.24) is 5.32 Å². The maximum Gasteiger partial charge on any atom is 0.255 e. The highest BCUT2D eigenvalue weighted by Crippen LogP contribution is 2.21. The quantitative estimate of drug-likeness (QED) is 0.893. The second-order valence-corrected chi connectivity index (χ2v) is 5.68. The van der Waals surface area contributed by atoms with Gasteiger partial charge in [-0.15, -0.1) is 0 Å². The van der Waals surface area contributed by atoms with Crippen molar-refractivity contribution in [3.05, 3.63) is 63.6 Å². The molecule has 0 radical (unpaired) electrons. The van der Waals surface area contributed by atoms with Gasteiger partial charge in [0.05, 0.1) is 11.6 Å². The molecule has 0 saturated carbocycles. The first-order valence-electron chi connectivity index (χ1n) is 6.33. The number of amides is 1. The van der Waals surface area contributed by atoms with Gasteiger partial charge in [0.2, 0.25) is 0 Å². The van der Waals surface area contributed by atoms with E-state index in [2.05, 4.69) is 21.2 Å². The molecule has 2 aromatic carbocycles. The zero-order chi connectivity index (χ0) is 14.7. The van der Waals surface area contributed by atoms with Gasteiger partial charge in [0.15, 0.2) is 0 Å². The average Bonchev–Trinajstić information content (AvgIpc) is 2.42. The molecule has 0 spiro atoms. The summed E-state index contributed by atoms with van der Waals surface area (Å²) in [4.78, 5) is 12.2. The van der Waals surface area contributed by atoms with Gasteiger partial charge in [-0.05, 0) is 43.7 Å². The molecular formula is C16H16BrNO2. The van der Waals surface area contributed by atoms with Gasteiger partial charge >= 0.3 is 0 Å². The fourth-order valence-electron chi connectivity index (χ4n) is 1.94. The summed E-state index contributed by atoms with van der Waals surface area (Å²) in [6.07, 6.45) is 0. The van der Waals surface area contributed by atoms with Crippen LogP contribution in [0.25, 0.3) is 0 Å². The molecule has 20 heavy (non-hydrogen) atoms. The molecule has 0 fully saturated rings. The van der Waals surface area contributed by atoms with Crippen LogP contribution in [0.4, 0.5) is 0 Å². The van der Waals surface area contributed by atoms with Gasteiger partial charge in [-0.25, -0.2) is 0 Å². The van der Waals surface area contributed by atoms with Gasteiger partial charge < -0.3 is 10.4 Å². The van der Waals surface area contributed by atoms with Gasteiger partial charge in [0.1, 0.15) is 5.75 Å². The number of rotatable bonds is 3. The zero-order valence-electron chi connectivity index (χ0n) is 11.4. The third-order valence-corrected chi connectivity index (χ3v) is 3.64. The Hall–Kier alpha value is -1.81.